The Morgan fingerprint density at radius 2 is 0.629 bits per heavy atom. The Hall–Kier alpha value is -1.59. The Bertz CT molecular complexity index is 830. The van der Waals surface area contributed by atoms with E-state index in [4.69, 9.17) is 9.47 Å². The second-order valence-electron chi connectivity index (χ2n) is 13.1. The van der Waals surface area contributed by atoms with Crippen molar-refractivity contribution in [3.05, 3.63) is 46.5 Å². The predicted molar refractivity (Wildman–Crippen MR) is 145 cm³/mol. The molecule has 0 fully saturated rings. The number of hydrogen-bond donors (Lipinski definition) is 0. The van der Waals surface area contributed by atoms with Gasteiger partial charge in [0.1, 0.15) is 11.5 Å². The molecule has 4 nitrogen and oxygen atoms in total. The molecule has 0 amide bonds. The third-order valence-corrected chi connectivity index (χ3v) is 5.83. The van der Waals surface area contributed by atoms with Crippen LogP contribution in [0.2, 0.25) is 0 Å². The third kappa shape index (κ3) is 8.78. The zero-order valence-electron chi connectivity index (χ0n) is 24.6. The average molecular weight is 495 g/mol. The maximum absolute atomic E-state index is 12.5. The molecule has 0 saturated heterocycles. The van der Waals surface area contributed by atoms with E-state index in [1.807, 2.05) is 24.3 Å². The van der Waals surface area contributed by atoms with Crippen molar-refractivity contribution in [1.29, 1.82) is 0 Å². The summed E-state index contributed by atoms with van der Waals surface area (Å²) in [7, 11) is 3.28. The Morgan fingerprint density at radius 3 is 0.743 bits per heavy atom. The summed E-state index contributed by atoms with van der Waals surface area (Å²) in [6, 6.07) is 7.43. The molecule has 0 unspecified atom stereocenters. The Labute approximate surface area is 230 Å². The van der Waals surface area contributed by atoms with Crippen molar-refractivity contribution >= 4 is 23.1 Å². The minimum Gasteiger partial charge on any atom is -0.872 e. The van der Waals surface area contributed by atoms with E-state index in [0.717, 1.165) is 33.8 Å². The molecule has 0 spiro atoms. The molecule has 2 aromatic carbocycles. The standard InChI is InChI=1S/2C15H24O2.Mg/c2*1-14(2,3)11-8-10(17-7)9-12(13(11)16)15(4,5)6;/h2*8-9,16H,1-7H3;/q;;+2/p-2. The van der Waals surface area contributed by atoms with E-state index in [-0.39, 0.29) is 56.2 Å². The van der Waals surface area contributed by atoms with E-state index in [1.165, 1.54) is 0 Å². The number of benzene rings is 2. The van der Waals surface area contributed by atoms with E-state index in [9.17, 15) is 10.2 Å². The second-order valence-corrected chi connectivity index (χ2v) is 13.1. The van der Waals surface area contributed by atoms with Gasteiger partial charge in [0.15, 0.2) is 0 Å². The van der Waals surface area contributed by atoms with E-state index in [1.54, 1.807) is 14.2 Å². The first-order chi connectivity index (χ1) is 15.1. The molecule has 35 heavy (non-hydrogen) atoms. The van der Waals surface area contributed by atoms with Crippen LogP contribution in [0.5, 0.6) is 23.0 Å². The van der Waals surface area contributed by atoms with Crippen LogP contribution in [0.15, 0.2) is 24.3 Å². The summed E-state index contributed by atoms with van der Waals surface area (Å²) in [5.74, 6) is 1.82. The first kappa shape index (κ1) is 33.4. The number of methoxy groups -OCH3 is 2. The van der Waals surface area contributed by atoms with Crippen molar-refractivity contribution < 1.29 is 19.7 Å². The van der Waals surface area contributed by atoms with Crippen molar-refractivity contribution in [2.24, 2.45) is 0 Å². The van der Waals surface area contributed by atoms with Crippen molar-refractivity contribution in [2.45, 2.75) is 105 Å². The predicted octanol–water partition coefficient (Wildman–Crippen LogP) is 6.35. The fourth-order valence-electron chi connectivity index (χ4n) is 3.67. The topological polar surface area (TPSA) is 64.6 Å². The smallest absolute Gasteiger partial charge is 0.872 e. The van der Waals surface area contributed by atoms with Gasteiger partial charge in [0, 0.05) is 0 Å². The van der Waals surface area contributed by atoms with Gasteiger partial charge < -0.3 is 19.7 Å². The number of ether oxygens (including phenoxy) is 2. The van der Waals surface area contributed by atoms with Gasteiger partial charge in [-0.25, -0.2) is 0 Å². The molecule has 2 rings (SSSR count). The largest absolute Gasteiger partial charge is 2.00 e. The summed E-state index contributed by atoms with van der Waals surface area (Å²) in [5, 5.41) is 24.9. The molecule has 5 heteroatoms. The first-order valence-corrected chi connectivity index (χ1v) is 11.9. The summed E-state index contributed by atoms with van der Waals surface area (Å²) in [5.41, 5.74) is 2.64. The molecular weight excluding hydrogens is 449 g/mol. The van der Waals surface area contributed by atoms with Crippen molar-refractivity contribution in [2.75, 3.05) is 14.2 Å². The van der Waals surface area contributed by atoms with Crippen LogP contribution < -0.4 is 19.7 Å². The van der Waals surface area contributed by atoms with Gasteiger partial charge in [-0.1, -0.05) is 83.1 Å². The Morgan fingerprint density at radius 1 is 0.457 bits per heavy atom. The van der Waals surface area contributed by atoms with Crippen LogP contribution in [0.4, 0.5) is 0 Å². The van der Waals surface area contributed by atoms with Crippen molar-refractivity contribution in [3.63, 3.8) is 0 Å². The minimum atomic E-state index is -0.161. The molecule has 192 valence electrons. The van der Waals surface area contributed by atoms with Crippen LogP contribution in [-0.4, -0.2) is 37.3 Å². The minimum absolute atomic E-state index is 0. The van der Waals surface area contributed by atoms with Gasteiger partial charge in [-0.15, -0.1) is 11.5 Å². The van der Waals surface area contributed by atoms with Crippen LogP contribution in [0.1, 0.15) is 105 Å². The van der Waals surface area contributed by atoms with Crippen LogP contribution in [0.3, 0.4) is 0 Å². The molecule has 0 aliphatic carbocycles. The van der Waals surface area contributed by atoms with Crippen molar-refractivity contribution in [1.82, 2.24) is 0 Å². The van der Waals surface area contributed by atoms with Gasteiger partial charge in [-0.2, -0.15) is 0 Å². The molecule has 0 aromatic heterocycles. The molecule has 2 aromatic rings. The van der Waals surface area contributed by atoms with E-state index in [0.29, 0.717) is 0 Å². The maximum Gasteiger partial charge on any atom is 2.00 e. The van der Waals surface area contributed by atoms with E-state index in [2.05, 4.69) is 83.1 Å². The van der Waals surface area contributed by atoms with E-state index >= 15 is 0 Å². The van der Waals surface area contributed by atoms with Gasteiger partial charge in [0.2, 0.25) is 0 Å². The summed E-state index contributed by atoms with van der Waals surface area (Å²) in [4.78, 5) is 0. The average Bonchev–Trinajstić information content (AvgIpc) is 2.65. The fourth-order valence-corrected chi connectivity index (χ4v) is 3.67. The molecular formula is C30H46MgO4. The van der Waals surface area contributed by atoms with Crippen LogP contribution in [0.25, 0.3) is 0 Å². The molecule has 0 radical (unpaired) electrons. The Kier molecular flexibility index (Phi) is 11.1. The molecule has 0 bridgehead atoms. The van der Waals surface area contributed by atoms with Gasteiger partial charge in [0.05, 0.1) is 14.2 Å². The fraction of sp³-hybridized carbons (Fsp3) is 0.600. The van der Waals surface area contributed by atoms with Crippen LogP contribution >= 0.6 is 0 Å². The van der Waals surface area contributed by atoms with Crippen molar-refractivity contribution in [3.8, 4) is 23.0 Å². The third-order valence-electron chi connectivity index (χ3n) is 5.83. The maximum atomic E-state index is 12.5. The van der Waals surface area contributed by atoms with Crippen LogP contribution in [0, 0.1) is 0 Å². The van der Waals surface area contributed by atoms with Crippen LogP contribution in [-0.2, 0) is 21.7 Å². The van der Waals surface area contributed by atoms with E-state index < -0.39 is 0 Å². The second kappa shape index (κ2) is 11.6. The summed E-state index contributed by atoms with van der Waals surface area (Å²) < 4.78 is 10.6. The summed E-state index contributed by atoms with van der Waals surface area (Å²) in [6.45, 7) is 24.6. The molecule has 0 saturated carbocycles. The van der Waals surface area contributed by atoms with Gasteiger partial charge in [0.25, 0.3) is 0 Å². The molecule has 0 atom stereocenters. The van der Waals surface area contributed by atoms with Gasteiger partial charge >= 0.3 is 23.1 Å². The summed E-state index contributed by atoms with van der Waals surface area (Å²) >= 11 is 0. The quantitative estimate of drug-likeness (QED) is 0.456. The van der Waals surface area contributed by atoms with Gasteiger partial charge in [-0.05, 0) is 68.2 Å². The number of hydrogen-bond acceptors (Lipinski definition) is 4. The molecule has 0 aliphatic rings. The zero-order chi connectivity index (χ0) is 26.9. The normalized spacial score (nSPS) is 12.3. The SMILES string of the molecule is COc1cc(C(C)(C)C)c([O-])c(C(C)(C)C)c1.COc1cc(C(C)(C)C)c([O-])c(C(C)(C)C)c1.[Mg+2]. The monoisotopic (exact) mass is 494 g/mol. The Balaban J connectivity index is 0.000000642. The number of rotatable bonds is 2. The zero-order valence-corrected chi connectivity index (χ0v) is 26.1. The molecule has 0 aliphatic heterocycles. The summed E-state index contributed by atoms with van der Waals surface area (Å²) in [6.07, 6.45) is 0. The van der Waals surface area contributed by atoms with Gasteiger partial charge in [-0.3, -0.25) is 0 Å². The molecule has 0 N–H and O–H groups in total. The molecule has 0 heterocycles. The first-order valence-electron chi connectivity index (χ1n) is 11.9.